The number of carbonyl (C=O) groups is 2. The molecule has 0 fully saturated rings. The van der Waals surface area contributed by atoms with E-state index in [1.807, 2.05) is 0 Å². The van der Waals surface area contributed by atoms with E-state index in [1.165, 1.54) is 0 Å². The van der Waals surface area contributed by atoms with Crippen molar-refractivity contribution in [3.05, 3.63) is 0 Å². The third-order valence-electron chi connectivity index (χ3n) is 1.31. The Hall–Kier alpha value is -1.50. The van der Waals surface area contributed by atoms with E-state index in [0.717, 1.165) is 0 Å². The summed E-state index contributed by atoms with van der Waals surface area (Å²) < 4.78 is 4.90. The first kappa shape index (κ1) is 12.5. The van der Waals surface area contributed by atoms with E-state index in [2.05, 4.69) is 5.92 Å². The van der Waals surface area contributed by atoms with Crippen LogP contribution < -0.4 is 0 Å². The minimum absolute atomic E-state index is 0.149. The molecule has 0 amide bonds. The van der Waals surface area contributed by atoms with Crippen molar-refractivity contribution in [3.8, 4) is 12.3 Å². The summed E-state index contributed by atoms with van der Waals surface area (Å²) in [6.45, 7) is 5.00. The summed E-state index contributed by atoms with van der Waals surface area (Å²) in [6.07, 6.45) is 4.80. The van der Waals surface area contributed by atoms with Gasteiger partial charge < -0.3 is 9.84 Å². The molecule has 4 heteroatoms. The summed E-state index contributed by atoms with van der Waals surface area (Å²) in [4.78, 5) is 21.9. The molecule has 0 aliphatic rings. The molecule has 0 unspecified atom stereocenters. The number of carboxylic acids is 1. The molecule has 0 saturated heterocycles. The van der Waals surface area contributed by atoms with Crippen LogP contribution in [0.2, 0.25) is 0 Å². The lowest BCUT2D eigenvalue weighted by molar-refractivity contribution is -0.166. The molecule has 78 valence electrons. The Morgan fingerprint density at radius 1 is 1.50 bits per heavy atom. The van der Waals surface area contributed by atoms with Crippen LogP contribution in [0.5, 0.6) is 0 Å². The number of esters is 1. The zero-order chi connectivity index (χ0) is 11.4. The molecule has 4 nitrogen and oxygen atoms in total. The van der Waals surface area contributed by atoms with Crippen LogP contribution >= 0.6 is 0 Å². The minimum Gasteiger partial charge on any atom is -0.481 e. The van der Waals surface area contributed by atoms with E-state index >= 15 is 0 Å². The van der Waals surface area contributed by atoms with Gasteiger partial charge >= 0.3 is 11.9 Å². The van der Waals surface area contributed by atoms with Crippen molar-refractivity contribution in [2.24, 2.45) is 5.92 Å². The van der Waals surface area contributed by atoms with E-state index in [1.54, 1.807) is 20.8 Å². The first-order valence-electron chi connectivity index (χ1n) is 4.17. The Morgan fingerprint density at radius 3 is 2.29 bits per heavy atom. The van der Waals surface area contributed by atoms with Gasteiger partial charge in [-0.2, -0.15) is 0 Å². The molecule has 0 bridgehead atoms. The summed E-state index contributed by atoms with van der Waals surface area (Å²) in [5.41, 5.74) is -0.695. The van der Waals surface area contributed by atoms with Gasteiger partial charge in [0, 0.05) is 6.42 Å². The standard InChI is InChI=1S/C10H14O4/c1-5-6-7(8(11)12)9(13)14-10(2,3)4/h1,7H,6H2,2-4H3,(H,11,12)/t7-/m0/s1. The Morgan fingerprint density at radius 2 is 2.00 bits per heavy atom. The lowest BCUT2D eigenvalue weighted by atomic mass is 10.1. The third kappa shape index (κ3) is 4.51. The Balaban J connectivity index is 4.47. The number of hydrogen-bond donors (Lipinski definition) is 1. The van der Waals surface area contributed by atoms with Gasteiger partial charge in [-0.1, -0.05) is 0 Å². The van der Waals surface area contributed by atoms with E-state index in [-0.39, 0.29) is 6.42 Å². The van der Waals surface area contributed by atoms with E-state index in [0.29, 0.717) is 0 Å². The molecule has 1 N–H and O–H groups in total. The van der Waals surface area contributed by atoms with Gasteiger partial charge in [0.1, 0.15) is 5.60 Å². The predicted octanol–water partition coefficient (Wildman–Crippen LogP) is 1.05. The molecule has 0 heterocycles. The van der Waals surface area contributed by atoms with E-state index in [4.69, 9.17) is 16.3 Å². The lowest BCUT2D eigenvalue weighted by Crippen LogP contribution is -2.32. The summed E-state index contributed by atoms with van der Waals surface area (Å²) >= 11 is 0. The molecule has 0 aromatic carbocycles. The molecule has 0 spiro atoms. The van der Waals surface area contributed by atoms with Crippen LogP contribution in [0.15, 0.2) is 0 Å². The fourth-order valence-corrected chi connectivity index (χ4v) is 0.762. The molecule has 0 rings (SSSR count). The van der Waals surface area contributed by atoms with Crippen molar-refractivity contribution >= 4 is 11.9 Å². The zero-order valence-electron chi connectivity index (χ0n) is 8.53. The fraction of sp³-hybridized carbons (Fsp3) is 0.600. The molecular weight excluding hydrogens is 184 g/mol. The molecule has 0 aliphatic heterocycles. The van der Waals surface area contributed by atoms with E-state index < -0.39 is 23.5 Å². The van der Waals surface area contributed by atoms with Crippen LogP contribution in [0.25, 0.3) is 0 Å². The summed E-state index contributed by atoms with van der Waals surface area (Å²) in [5.74, 6) is -1.17. The number of aliphatic carboxylic acids is 1. The number of hydrogen-bond acceptors (Lipinski definition) is 3. The van der Waals surface area contributed by atoms with Gasteiger partial charge in [0.05, 0.1) is 0 Å². The van der Waals surface area contributed by atoms with Gasteiger partial charge in [0.25, 0.3) is 0 Å². The first-order chi connectivity index (χ1) is 6.28. The van der Waals surface area contributed by atoms with Crippen LogP contribution in [0.1, 0.15) is 27.2 Å². The predicted molar refractivity (Wildman–Crippen MR) is 50.4 cm³/mol. The second-order valence-electron chi connectivity index (χ2n) is 3.83. The molecule has 1 atom stereocenters. The Kier molecular flexibility index (Phi) is 4.16. The average Bonchev–Trinajstić information content (AvgIpc) is 1.95. The topological polar surface area (TPSA) is 63.6 Å². The molecule has 14 heavy (non-hydrogen) atoms. The highest BCUT2D eigenvalue weighted by Crippen LogP contribution is 2.13. The Bertz CT molecular complexity index is 267. The highest BCUT2D eigenvalue weighted by molar-refractivity contribution is 5.94. The van der Waals surface area contributed by atoms with Crippen LogP contribution in [0.3, 0.4) is 0 Å². The first-order valence-corrected chi connectivity index (χ1v) is 4.17. The second kappa shape index (κ2) is 4.66. The van der Waals surface area contributed by atoms with Crippen LogP contribution in [-0.2, 0) is 14.3 Å². The number of carboxylic acid groups (broad SMARTS) is 1. The van der Waals surface area contributed by atoms with Gasteiger partial charge in [-0.3, -0.25) is 9.59 Å². The quantitative estimate of drug-likeness (QED) is 0.418. The average molecular weight is 198 g/mol. The van der Waals surface area contributed by atoms with Gasteiger partial charge in [-0.15, -0.1) is 12.3 Å². The molecule has 0 aromatic heterocycles. The van der Waals surface area contributed by atoms with Crippen LogP contribution in [0, 0.1) is 18.3 Å². The third-order valence-corrected chi connectivity index (χ3v) is 1.31. The van der Waals surface area contributed by atoms with E-state index in [9.17, 15) is 9.59 Å². The zero-order valence-corrected chi connectivity index (χ0v) is 8.53. The van der Waals surface area contributed by atoms with Crippen molar-refractivity contribution in [1.82, 2.24) is 0 Å². The minimum atomic E-state index is -1.26. The second-order valence-corrected chi connectivity index (χ2v) is 3.83. The maximum absolute atomic E-state index is 11.3. The number of terminal acetylenes is 1. The molecule has 0 aromatic rings. The lowest BCUT2D eigenvalue weighted by Gasteiger charge is -2.21. The van der Waals surface area contributed by atoms with Crippen molar-refractivity contribution in [2.75, 3.05) is 0 Å². The normalized spacial score (nSPS) is 12.7. The number of carbonyl (C=O) groups excluding carboxylic acids is 1. The molecule has 0 aliphatic carbocycles. The summed E-state index contributed by atoms with van der Waals surface area (Å²) in [7, 11) is 0. The maximum atomic E-state index is 11.3. The summed E-state index contributed by atoms with van der Waals surface area (Å²) in [5, 5.41) is 8.68. The molecular formula is C10H14O4. The fourth-order valence-electron chi connectivity index (χ4n) is 0.762. The van der Waals surface area contributed by atoms with Crippen molar-refractivity contribution in [1.29, 1.82) is 0 Å². The van der Waals surface area contributed by atoms with Crippen LogP contribution in [-0.4, -0.2) is 22.6 Å². The maximum Gasteiger partial charge on any atom is 0.321 e. The Labute approximate surface area is 83.3 Å². The van der Waals surface area contributed by atoms with Crippen molar-refractivity contribution in [2.45, 2.75) is 32.8 Å². The highest BCUT2D eigenvalue weighted by Gasteiger charge is 2.30. The highest BCUT2D eigenvalue weighted by atomic mass is 16.6. The van der Waals surface area contributed by atoms with Gasteiger partial charge in [0.15, 0.2) is 5.92 Å². The molecule has 0 radical (unpaired) electrons. The van der Waals surface area contributed by atoms with Gasteiger partial charge in [-0.25, -0.2) is 0 Å². The SMILES string of the molecule is C#CC[C@@H](C(=O)O)C(=O)OC(C)(C)C. The number of rotatable bonds is 3. The van der Waals surface area contributed by atoms with Crippen LogP contribution in [0.4, 0.5) is 0 Å². The van der Waals surface area contributed by atoms with Gasteiger partial charge in [-0.05, 0) is 20.8 Å². The van der Waals surface area contributed by atoms with Crippen molar-refractivity contribution < 1.29 is 19.4 Å². The van der Waals surface area contributed by atoms with Gasteiger partial charge in [0.2, 0.25) is 0 Å². The monoisotopic (exact) mass is 198 g/mol. The number of ether oxygens (including phenoxy) is 1. The largest absolute Gasteiger partial charge is 0.481 e. The molecule has 0 saturated carbocycles. The van der Waals surface area contributed by atoms with Crippen molar-refractivity contribution in [3.63, 3.8) is 0 Å². The smallest absolute Gasteiger partial charge is 0.321 e. The summed E-state index contributed by atoms with van der Waals surface area (Å²) in [6, 6.07) is 0.